The number of amides is 2. The highest BCUT2D eigenvalue weighted by atomic mass is 16.6. The maximum Gasteiger partial charge on any atom is 0.407 e. The molecule has 0 aliphatic heterocycles. The van der Waals surface area contributed by atoms with Crippen LogP contribution in [0.2, 0.25) is 0 Å². The number of phenolic OH excluding ortho intramolecular Hbond substituents is 2. The first kappa shape index (κ1) is 31.2. The number of aliphatic imine (C=N–C) groups is 2. The fourth-order valence-electron chi connectivity index (χ4n) is 5.03. The fourth-order valence-corrected chi connectivity index (χ4v) is 5.03. The molecule has 2 fully saturated rings. The van der Waals surface area contributed by atoms with Crippen LogP contribution in [0.3, 0.4) is 0 Å². The lowest BCUT2D eigenvalue weighted by Gasteiger charge is -2.30. The molecule has 2 aliphatic carbocycles. The molecule has 40 heavy (non-hydrogen) atoms. The van der Waals surface area contributed by atoms with E-state index in [1.54, 1.807) is 12.3 Å². The van der Waals surface area contributed by atoms with Crippen molar-refractivity contribution in [3.63, 3.8) is 0 Å². The lowest BCUT2D eigenvalue weighted by atomic mass is 9.90. The Morgan fingerprint density at radius 3 is 1.70 bits per heavy atom. The van der Waals surface area contributed by atoms with E-state index in [9.17, 15) is 19.8 Å². The van der Waals surface area contributed by atoms with Gasteiger partial charge in [-0.15, -0.1) is 0 Å². The van der Waals surface area contributed by atoms with Gasteiger partial charge in [0.05, 0.1) is 29.7 Å². The van der Waals surface area contributed by atoms with Crippen LogP contribution in [0.15, 0.2) is 22.1 Å². The molecule has 0 heterocycles. The summed E-state index contributed by atoms with van der Waals surface area (Å²) in [6.45, 7) is 10.9. The SMILES string of the molecule is CC(C)(C)OC(=O)N[C@H]1CCCC[C@@H]1N=Cc1c(O)ccc(C=N[C@@H]2CCCC[C@H]2NC(=O)OC(C)(C)C)c1O. The van der Waals surface area contributed by atoms with E-state index in [1.165, 1.54) is 12.3 Å². The number of benzene rings is 1. The second-order valence-electron chi connectivity index (χ2n) is 12.7. The number of hydrogen-bond donors (Lipinski definition) is 4. The summed E-state index contributed by atoms with van der Waals surface area (Å²) in [6.07, 6.45) is 9.17. The quantitative estimate of drug-likeness (QED) is 0.335. The maximum atomic E-state index is 12.3. The van der Waals surface area contributed by atoms with Crippen molar-refractivity contribution in [3.8, 4) is 11.5 Å². The van der Waals surface area contributed by atoms with E-state index in [4.69, 9.17) is 14.5 Å². The molecule has 222 valence electrons. The highest BCUT2D eigenvalue weighted by molar-refractivity contribution is 5.94. The van der Waals surface area contributed by atoms with Crippen LogP contribution < -0.4 is 10.6 Å². The number of rotatable bonds is 6. The molecule has 4 atom stereocenters. The number of nitrogens with one attached hydrogen (secondary N) is 2. The lowest BCUT2D eigenvalue weighted by Crippen LogP contribution is -2.46. The van der Waals surface area contributed by atoms with Crippen LogP contribution in [0.25, 0.3) is 0 Å². The predicted octanol–water partition coefficient (Wildman–Crippen LogP) is 5.61. The standard InChI is InChI=1S/C30H46N4O6/c1-29(2,3)39-27(37)33-23-13-9-7-11-21(23)31-17-19-15-16-25(35)20(26(19)36)18-32-22-12-8-10-14-24(22)34-28(38)40-30(4,5)6/h15-18,21-24,35-36H,7-14H2,1-6H3,(H,33,37)(H,34,38)/t21-,22+,23-,24+/m1/s1. The number of ether oxygens (including phenoxy) is 2. The fraction of sp³-hybridized carbons (Fsp3) is 0.667. The number of aromatic hydroxyl groups is 2. The molecule has 0 bridgehead atoms. The molecule has 0 aromatic heterocycles. The molecule has 2 saturated carbocycles. The van der Waals surface area contributed by atoms with Crippen LogP contribution in [0, 0.1) is 0 Å². The molecule has 4 N–H and O–H groups in total. The van der Waals surface area contributed by atoms with Crippen molar-refractivity contribution in [1.29, 1.82) is 0 Å². The third kappa shape index (κ3) is 9.71. The first-order valence-corrected chi connectivity index (χ1v) is 14.3. The van der Waals surface area contributed by atoms with E-state index in [1.807, 2.05) is 41.5 Å². The van der Waals surface area contributed by atoms with Gasteiger partial charge in [0.15, 0.2) is 0 Å². The van der Waals surface area contributed by atoms with Gasteiger partial charge in [0.2, 0.25) is 0 Å². The van der Waals surface area contributed by atoms with Gasteiger partial charge in [0.1, 0.15) is 22.7 Å². The van der Waals surface area contributed by atoms with Gasteiger partial charge >= 0.3 is 12.2 Å². The molecule has 1 aromatic carbocycles. The van der Waals surface area contributed by atoms with Gasteiger partial charge < -0.3 is 30.3 Å². The number of carbonyl (C=O) groups is 2. The van der Waals surface area contributed by atoms with Gasteiger partial charge in [0.25, 0.3) is 0 Å². The minimum Gasteiger partial charge on any atom is -0.507 e. The minimum atomic E-state index is -0.597. The van der Waals surface area contributed by atoms with Crippen LogP contribution in [0.5, 0.6) is 11.5 Å². The van der Waals surface area contributed by atoms with Gasteiger partial charge in [-0.1, -0.05) is 25.7 Å². The third-order valence-electron chi connectivity index (χ3n) is 6.89. The number of phenols is 2. The maximum absolute atomic E-state index is 12.3. The van der Waals surface area contributed by atoms with E-state index in [0.29, 0.717) is 5.56 Å². The van der Waals surface area contributed by atoms with Crippen molar-refractivity contribution in [2.45, 2.75) is 128 Å². The summed E-state index contributed by atoms with van der Waals surface area (Å²) in [5, 5.41) is 27.3. The number of alkyl carbamates (subject to hydrolysis) is 2. The predicted molar refractivity (Wildman–Crippen MR) is 156 cm³/mol. The summed E-state index contributed by atoms with van der Waals surface area (Å²) in [5.41, 5.74) is -0.553. The second-order valence-corrected chi connectivity index (χ2v) is 12.7. The van der Waals surface area contributed by atoms with E-state index in [-0.39, 0.29) is 41.2 Å². The van der Waals surface area contributed by atoms with Gasteiger partial charge in [-0.3, -0.25) is 9.98 Å². The van der Waals surface area contributed by atoms with Gasteiger partial charge in [-0.25, -0.2) is 9.59 Å². The zero-order chi connectivity index (χ0) is 29.5. The molecule has 0 saturated heterocycles. The summed E-state index contributed by atoms with van der Waals surface area (Å²) in [7, 11) is 0. The molecule has 2 aliphatic rings. The van der Waals surface area contributed by atoms with Crippen LogP contribution in [0.1, 0.15) is 104 Å². The Morgan fingerprint density at radius 1 is 0.775 bits per heavy atom. The molecule has 0 spiro atoms. The van der Waals surface area contributed by atoms with Gasteiger partial charge in [0, 0.05) is 18.0 Å². The first-order valence-electron chi connectivity index (χ1n) is 14.3. The van der Waals surface area contributed by atoms with E-state index in [0.717, 1.165) is 51.4 Å². The van der Waals surface area contributed by atoms with Crippen molar-refractivity contribution >= 4 is 24.6 Å². The average molecular weight is 559 g/mol. The van der Waals surface area contributed by atoms with Crippen LogP contribution >= 0.6 is 0 Å². The average Bonchev–Trinajstić information content (AvgIpc) is 2.83. The third-order valence-corrected chi connectivity index (χ3v) is 6.89. The second kappa shape index (κ2) is 13.4. The van der Waals surface area contributed by atoms with Crippen LogP contribution in [0.4, 0.5) is 9.59 Å². The molecule has 0 unspecified atom stereocenters. The van der Waals surface area contributed by atoms with Crippen molar-refractivity contribution in [1.82, 2.24) is 10.6 Å². The Labute approximate surface area is 237 Å². The van der Waals surface area contributed by atoms with Crippen molar-refractivity contribution in [2.75, 3.05) is 0 Å². The number of carbonyl (C=O) groups excluding carboxylic acids is 2. The first-order chi connectivity index (χ1) is 18.7. The molecule has 10 nitrogen and oxygen atoms in total. The molecule has 2 amide bonds. The van der Waals surface area contributed by atoms with E-state index in [2.05, 4.69) is 15.6 Å². The Kier molecular flexibility index (Phi) is 10.4. The Hall–Kier alpha value is -3.30. The zero-order valence-electron chi connectivity index (χ0n) is 24.7. The van der Waals surface area contributed by atoms with Crippen molar-refractivity contribution in [2.24, 2.45) is 9.98 Å². The zero-order valence-corrected chi connectivity index (χ0v) is 24.7. The highest BCUT2D eigenvalue weighted by Gasteiger charge is 2.29. The summed E-state index contributed by atoms with van der Waals surface area (Å²) in [6, 6.07) is 2.36. The Bertz CT molecular complexity index is 1090. The number of hydrogen-bond acceptors (Lipinski definition) is 8. The Morgan fingerprint density at radius 2 is 1.23 bits per heavy atom. The van der Waals surface area contributed by atoms with Crippen molar-refractivity contribution in [3.05, 3.63) is 23.3 Å². The van der Waals surface area contributed by atoms with Gasteiger partial charge in [-0.2, -0.15) is 0 Å². The molecule has 0 radical (unpaired) electrons. The van der Waals surface area contributed by atoms with Crippen LogP contribution in [-0.2, 0) is 9.47 Å². The van der Waals surface area contributed by atoms with E-state index >= 15 is 0 Å². The number of nitrogens with zero attached hydrogens (tertiary/aromatic N) is 2. The highest BCUT2D eigenvalue weighted by Crippen LogP contribution is 2.30. The molecular weight excluding hydrogens is 512 g/mol. The summed E-state index contributed by atoms with van der Waals surface area (Å²) < 4.78 is 10.8. The van der Waals surface area contributed by atoms with E-state index < -0.39 is 23.4 Å². The summed E-state index contributed by atoms with van der Waals surface area (Å²) in [4.78, 5) is 34.0. The summed E-state index contributed by atoms with van der Waals surface area (Å²) in [5.74, 6) is -0.236. The molecule has 1 aromatic rings. The minimum absolute atomic E-state index is 0.104. The molecule has 10 heteroatoms. The van der Waals surface area contributed by atoms with Gasteiger partial charge in [-0.05, 0) is 79.4 Å². The van der Waals surface area contributed by atoms with Crippen molar-refractivity contribution < 1.29 is 29.3 Å². The monoisotopic (exact) mass is 558 g/mol. The Balaban J connectivity index is 1.72. The molecular formula is C30H46N4O6. The lowest BCUT2D eigenvalue weighted by molar-refractivity contribution is 0.0475. The summed E-state index contributed by atoms with van der Waals surface area (Å²) >= 11 is 0. The largest absolute Gasteiger partial charge is 0.507 e. The topological polar surface area (TPSA) is 142 Å². The smallest absolute Gasteiger partial charge is 0.407 e. The molecule has 3 rings (SSSR count). The van der Waals surface area contributed by atoms with Crippen LogP contribution in [-0.4, -0.2) is 70.2 Å². The normalized spacial score (nSPS) is 24.1.